The van der Waals surface area contributed by atoms with Crippen LogP contribution in [0.25, 0.3) is 0 Å². The van der Waals surface area contributed by atoms with Crippen molar-refractivity contribution in [3.8, 4) is 0 Å². The standard InChI is InChI=1S/C29H60O16.C4H6O2/c1-32-29(31)28-45-27-26-44-25-24-43-23-22-42-21-20-41-19-18-40-17-16-39-15-14-38-13-12-37-11-10-36-9-8-35-7-6-34-5-4-33-3-2-30;1-3(2)4(5)6/h29-31H,2-28H2,1H3;1H2,2H3,(H,5,6). The van der Waals surface area contributed by atoms with Gasteiger partial charge in [-0.15, -0.1) is 0 Å². The van der Waals surface area contributed by atoms with Gasteiger partial charge < -0.3 is 81.6 Å². The lowest BCUT2D eigenvalue weighted by Crippen LogP contribution is -2.19. The van der Waals surface area contributed by atoms with Gasteiger partial charge in [-0.2, -0.15) is 0 Å². The molecule has 18 nitrogen and oxygen atoms in total. The quantitative estimate of drug-likeness (QED) is 0.0420. The molecule has 0 bridgehead atoms. The minimum Gasteiger partial charge on any atom is -0.478 e. The molecule has 0 radical (unpaired) electrons. The Morgan fingerprint density at radius 1 is 0.451 bits per heavy atom. The third kappa shape index (κ3) is 50.7. The predicted molar refractivity (Wildman–Crippen MR) is 183 cm³/mol. The number of methoxy groups -OCH3 is 1. The number of carboxylic acid groups (broad SMARTS) is 1. The molecule has 0 spiro atoms. The molecular weight excluding hydrogens is 684 g/mol. The van der Waals surface area contributed by atoms with Gasteiger partial charge in [-0.25, -0.2) is 4.79 Å². The Kier molecular flexibility index (Phi) is 47.2. The van der Waals surface area contributed by atoms with E-state index in [1.807, 2.05) is 0 Å². The van der Waals surface area contributed by atoms with Crippen LogP contribution in [0.5, 0.6) is 0 Å². The zero-order valence-corrected chi connectivity index (χ0v) is 30.8. The van der Waals surface area contributed by atoms with Crippen LogP contribution in [-0.4, -0.2) is 213 Å². The molecule has 0 aliphatic carbocycles. The number of hydrogen-bond donors (Lipinski definition) is 3. The summed E-state index contributed by atoms with van der Waals surface area (Å²) in [6.07, 6.45) is -0.904. The summed E-state index contributed by atoms with van der Waals surface area (Å²) >= 11 is 0. The third-order valence-corrected chi connectivity index (χ3v) is 5.60. The SMILES string of the molecule is C=C(C)C(=O)O.COC(O)COCCOCCOCCOCCOCCOCCOCCOCCOCCOCCOCCOCCOCCO. The summed E-state index contributed by atoms with van der Waals surface area (Å²) in [6.45, 7) is 16.7. The first-order valence-electron chi connectivity index (χ1n) is 17.2. The number of aliphatic carboxylic acids is 1. The average Bonchev–Trinajstić information content (AvgIpc) is 3.12. The van der Waals surface area contributed by atoms with Crippen LogP contribution in [-0.2, 0) is 71.1 Å². The molecule has 0 aromatic heterocycles. The molecular formula is C33H66O18. The molecule has 0 rings (SSSR count). The molecule has 0 aromatic carbocycles. The first-order chi connectivity index (χ1) is 25.0. The normalized spacial score (nSPS) is 11.8. The fourth-order valence-electron chi connectivity index (χ4n) is 2.96. The first-order valence-corrected chi connectivity index (χ1v) is 17.2. The summed E-state index contributed by atoms with van der Waals surface area (Å²) < 4.78 is 74.5. The van der Waals surface area contributed by atoms with Gasteiger partial charge in [0.15, 0.2) is 6.29 Å². The largest absolute Gasteiger partial charge is 0.478 e. The molecule has 0 heterocycles. The Hall–Kier alpha value is -1.43. The summed E-state index contributed by atoms with van der Waals surface area (Å²) in [6, 6.07) is 0. The summed E-state index contributed by atoms with van der Waals surface area (Å²) in [5.41, 5.74) is 0.176. The van der Waals surface area contributed by atoms with Gasteiger partial charge in [0.2, 0.25) is 0 Å². The van der Waals surface area contributed by atoms with Crippen molar-refractivity contribution in [2.24, 2.45) is 0 Å². The van der Waals surface area contributed by atoms with E-state index in [-0.39, 0.29) is 18.8 Å². The Morgan fingerprint density at radius 2 is 0.627 bits per heavy atom. The van der Waals surface area contributed by atoms with Gasteiger partial charge in [0.05, 0.1) is 178 Å². The molecule has 18 heteroatoms. The summed E-state index contributed by atoms with van der Waals surface area (Å²) in [4.78, 5) is 9.60. The second-order valence-corrected chi connectivity index (χ2v) is 9.92. The number of rotatable bonds is 42. The van der Waals surface area contributed by atoms with Crippen LogP contribution < -0.4 is 0 Å². The highest BCUT2D eigenvalue weighted by Crippen LogP contribution is 1.89. The number of aliphatic hydroxyl groups is 2. The molecule has 0 amide bonds. The third-order valence-electron chi connectivity index (χ3n) is 5.60. The molecule has 306 valence electrons. The van der Waals surface area contributed by atoms with E-state index in [0.29, 0.717) is 165 Å². The molecule has 0 aromatic rings. The fraction of sp³-hybridized carbons (Fsp3) is 0.909. The second-order valence-electron chi connectivity index (χ2n) is 9.92. The number of aliphatic hydroxyl groups excluding tert-OH is 2. The zero-order chi connectivity index (χ0) is 37.7. The van der Waals surface area contributed by atoms with Crippen LogP contribution >= 0.6 is 0 Å². The summed E-state index contributed by atoms with van der Waals surface area (Å²) in [5, 5.41) is 25.6. The lowest BCUT2D eigenvalue weighted by molar-refractivity contribution is -0.132. The van der Waals surface area contributed by atoms with Gasteiger partial charge in [-0.1, -0.05) is 6.58 Å². The van der Waals surface area contributed by atoms with E-state index in [1.165, 1.54) is 14.0 Å². The molecule has 0 aliphatic rings. The maximum absolute atomic E-state index is 9.60. The second kappa shape index (κ2) is 46.6. The van der Waals surface area contributed by atoms with Crippen LogP contribution in [0.4, 0.5) is 0 Å². The highest BCUT2D eigenvalue weighted by atomic mass is 16.6. The topological polar surface area (TPSA) is 207 Å². The van der Waals surface area contributed by atoms with Crippen molar-refractivity contribution in [3.63, 3.8) is 0 Å². The predicted octanol–water partition coefficient (Wildman–Crippen LogP) is -0.194. The first kappa shape index (κ1) is 51.7. The maximum atomic E-state index is 9.60. The highest BCUT2D eigenvalue weighted by Gasteiger charge is 2.00. The van der Waals surface area contributed by atoms with E-state index in [9.17, 15) is 4.79 Å². The van der Waals surface area contributed by atoms with Crippen molar-refractivity contribution in [2.45, 2.75) is 13.2 Å². The number of carbonyl (C=O) groups is 1. The average molecular weight is 751 g/mol. The van der Waals surface area contributed by atoms with E-state index in [0.717, 1.165) is 0 Å². The Bertz CT molecular complexity index is 678. The number of ether oxygens (including phenoxy) is 14. The van der Waals surface area contributed by atoms with Crippen molar-refractivity contribution >= 4 is 5.97 Å². The zero-order valence-electron chi connectivity index (χ0n) is 30.8. The van der Waals surface area contributed by atoms with Gasteiger partial charge >= 0.3 is 5.97 Å². The molecule has 1 atom stereocenters. The van der Waals surface area contributed by atoms with E-state index < -0.39 is 12.3 Å². The van der Waals surface area contributed by atoms with Gasteiger partial charge in [-0.3, -0.25) is 0 Å². The van der Waals surface area contributed by atoms with E-state index in [4.69, 9.17) is 76.9 Å². The lowest BCUT2D eigenvalue weighted by Gasteiger charge is -2.10. The summed E-state index contributed by atoms with van der Waals surface area (Å²) in [7, 11) is 1.41. The van der Waals surface area contributed by atoms with Crippen molar-refractivity contribution in [1.29, 1.82) is 0 Å². The minimum absolute atomic E-state index is 0.0221. The van der Waals surface area contributed by atoms with Crippen LogP contribution in [0.2, 0.25) is 0 Å². The molecule has 51 heavy (non-hydrogen) atoms. The van der Waals surface area contributed by atoms with Gasteiger partial charge in [0.25, 0.3) is 0 Å². The van der Waals surface area contributed by atoms with Crippen LogP contribution in [0.15, 0.2) is 12.2 Å². The molecule has 1 unspecified atom stereocenters. The number of hydrogen-bond acceptors (Lipinski definition) is 17. The van der Waals surface area contributed by atoms with Crippen molar-refractivity contribution in [3.05, 3.63) is 12.2 Å². The number of carboxylic acids is 1. The molecule has 0 aliphatic heterocycles. The lowest BCUT2D eigenvalue weighted by atomic mass is 10.4. The monoisotopic (exact) mass is 750 g/mol. The van der Waals surface area contributed by atoms with Crippen molar-refractivity contribution in [2.75, 3.05) is 185 Å². The van der Waals surface area contributed by atoms with Gasteiger partial charge in [0, 0.05) is 12.7 Å². The van der Waals surface area contributed by atoms with Gasteiger partial charge in [-0.05, 0) is 6.92 Å². The minimum atomic E-state index is -0.935. The maximum Gasteiger partial charge on any atom is 0.330 e. The molecule has 0 saturated carbocycles. The fourth-order valence-corrected chi connectivity index (χ4v) is 2.96. The van der Waals surface area contributed by atoms with E-state index in [1.54, 1.807) is 0 Å². The van der Waals surface area contributed by atoms with Crippen LogP contribution in [0, 0.1) is 0 Å². The molecule has 0 saturated heterocycles. The Morgan fingerprint density at radius 3 is 0.784 bits per heavy atom. The Labute approximate surface area is 303 Å². The molecule has 3 N–H and O–H groups in total. The van der Waals surface area contributed by atoms with E-state index in [2.05, 4.69) is 11.3 Å². The van der Waals surface area contributed by atoms with Crippen LogP contribution in [0.1, 0.15) is 6.92 Å². The van der Waals surface area contributed by atoms with Gasteiger partial charge in [0.1, 0.15) is 0 Å². The summed E-state index contributed by atoms with van der Waals surface area (Å²) in [5.74, 6) is -0.935. The highest BCUT2D eigenvalue weighted by molar-refractivity contribution is 5.84. The van der Waals surface area contributed by atoms with Crippen molar-refractivity contribution < 1.29 is 86.4 Å². The van der Waals surface area contributed by atoms with E-state index >= 15 is 0 Å². The molecule has 0 fully saturated rings. The van der Waals surface area contributed by atoms with Crippen molar-refractivity contribution in [1.82, 2.24) is 0 Å². The smallest absolute Gasteiger partial charge is 0.330 e. The van der Waals surface area contributed by atoms with Crippen LogP contribution in [0.3, 0.4) is 0 Å². The Balaban J connectivity index is 0.